The van der Waals surface area contributed by atoms with Crippen molar-refractivity contribution in [1.82, 2.24) is 0 Å². The minimum atomic E-state index is -0.631. The molecule has 0 radical (unpaired) electrons. The quantitative estimate of drug-likeness (QED) is 0.192. The van der Waals surface area contributed by atoms with Crippen molar-refractivity contribution in [2.75, 3.05) is 14.2 Å². The monoisotopic (exact) mass is 624 g/mol. The lowest BCUT2D eigenvalue weighted by molar-refractivity contribution is -0.132. The Balaban J connectivity index is 2.33. The highest BCUT2D eigenvalue weighted by Crippen LogP contribution is 2.22. The molecule has 0 fully saturated rings. The Bertz CT molecular complexity index is 954. The van der Waals surface area contributed by atoms with Crippen molar-refractivity contribution in [2.45, 2.75) is 20.5 Å². The number of halogens is 3. The van der Waals surface area contributed by atoms with Crippen molar-refractivity contribution in [3.63, 3.8) is 0 Å². The molecule has 0 aliphatic carbocycles. The van der Waals surface area contributed by atoms with Gasteiger partial charge in [-0.15, -0.1) is 0 Å². The lowest BCUT2D eigenvalue weighted by atomic mass is 9.99. The van der Waals surface area contributed by atoms with E-state index in [1.165, 1.54) is 20.3 Å². The topological polar surface area (TPSA) is 69.5 Å². The van der Waals surface area contributed by atoms with Gasteiger partial charge in [0.15, 0.2) is 5.71 Å². The minimum Gasteiger partial charge on any atom is -0.464 e. The zero-order chi connectivity index (χ0) is 21.6. The second-order valence-electron chi connectivity index (χ2n) is 5.91. The summed E-state index contributed by atoms with van der Waals surface area (Å²) in [6, 6.07) is 8.70. The average molecular weight is 624 g/mol. The van der Waals surface area contributed by atoms with Crippen molar-refractivity contribution in [2.24, 2.45) is 10.3 Å². The smallest absolute Gasteiger partial charge is 0.360 e. The summed E-state index contributed by atoms with van der Waals surface area (Å²) >= 11 is 4.13. The van der Waals surface area contributed by atoms with Crippen molar-refractivity contribution in [3.8, 4) is 0 Å². The van der Waals surface area contributed by atoms with Gasteiger partial charge in [-0.3, -0.25) is 0 Å². The first-order chi connectivity index (χ1) is 13.8. The summed E-state index contributed by atoms with van der Waals surface area (Å²) < 4.78 is 20.7. The highest BCUT2D eigenvalue weighted by molar-refractivity contribution is 14.1. The number of hydrogen-bond donors (Lipinski definition) is 0. The Hall–Kier alpha value is -1.76. The summed E-state index contributed by atoms with van der Waals surface area (Å²) in [5.41, 5.74) is 2.92. The molecular formula is C20H19FI2N2O4. The highest BCUT2D eigenvalue weighted by Gasteiger charge is 2.21. The van der Waals surface area contributed by atoms with Gasteiger partial charge in [0.2, 0.25) is 0 Å². The van der Waals surface area contributed by atoms with Crippen LogP contribution in [-0.2, 0) is 25.8 Å². The van der Waals surface area contributed by atoms with Crippen LogP contribution in [0, 0.1) is 19.9 Å². The molecule has 0 aliphatic rings. The van der Waals surface area contributed by atoms with E-state index in [1.54, 1.807) is 19.1 Å². The van der Waals surface area contributed by atoms with Gasteiger partial charge in [-0.25, -0.2) is 9.18 Å². The van der Waals surface area contributed by atoms with E-state index in [9.17, 15) is 9.18 Å². The predicted molar refractivity (Wildman–Crippen MR) is 126 cm³/mol. The Morgan fingerprint density at radius 2 is 1.90 bits per heavy atom. The molecule has 0 aliphatic heterocycles. The number of carbonyl (C=O) groups is 1. The molecule has 0 unspecified atom stereocenters. The molecule has 0 N–H and O–H groups in total. The van der Waals surface area contributed by atoms with Crippen molar-refractivity contribution >= 4 is 62.6 Å². The molecule has 0 saturated heterocycles. The second-order valence-corrected chi connectivity index (χ2v) is 8.32. The number of aryl methyl sites for hydroxylation is 1. The molecule has 9 heteroatoms. The summed E-state index contributed by atoms with van der Waals surface area (Å²) in [6.45, 7) is 3.61. The number of carbonyl (C=O) groups excluding carboxylic acids is 1. The first-order valence-corrected chi connectivity index (χ1v) is 10.6. The van der Waals surface area contributed by atoms with E-state index in [0.717, 1.165) is 12.7 Å². The van der Waals surface area contributed by atoms with Crippen LogP contribution < -0.4 is 0 Å². The number of benzene rings is 2. The summed E-state index contributed by atoms with van der Waals surface area (Å²) in [4.78, 5) is 22.4. The van der Waals surface area contributed by atoms with Crippen LogP contribution in [0.25, 0.3) is 0 Å². The maximum atomic E-state index is 14.3. The molecule has 29 heavy (non-hydrogen) atoms. The SMILES string of the molecule is CO/N=C(/C(=O)OC)c1cccc(C)c1CO/N=C(\C)c1c(F)cc(I)cc1I. The molecule has 2 rings (SSSR count). The normalized spacial score (nSPS) is 12.0. The van der Waals surface area contributed by atoms with Crippen LogP contribution in [0.1, 0.15) is 29.2 Å². The van der Waals surface area contributed by atoms with Gasteiger partial charge < -0.3 is 14.4 Å². The number of rotatable bonds is 7. The van der Waals surface area contributed by atoms with Crippen LogP contribution in [-0.4, -0.2) is 31.6 Å². The first kappa shape index (κ1) is 23.5. The van der Waals surface area contributed by atoms with Crippen molar-refractivity contribution in [3.05, 3.63) is 65.5 Å². The van der Waals surface area contributed by atoms with Gasteiger partial charge in [-0.05, 0) is 76.7 Å². The number of hydrogen-bond acceptors (Lipinski definition) is 6. The molecule has 2 aromatic carbocycles. The molecular weight excluding hydrogens is 605 g/mol. The van der Waals surface area contributed by atoms with E-state index < -0.39 is 5.97 Å². The Morgan fingerprint density at radius 1 is 1.17 bits per heavy atom. The van der Waals surface area contributed by atoms with Gasteiger partial charge in [0, 0.05) is 23.8 Å². The Kier molecular flexibility index (Phi) is 8.80. The minimum absolute atomic E-state index is 0.0243. The number of nitrogens with zero attached hydrogens (tertiary/aromatic N) is 2. The van der Waals surface area contributed by atoms with Gasteiger partial charge >= 0.3 is 5.97 Å². The van der Waals surface area contributed by atoms with Crippen LogP contribution in [0.3, 0.4) is 0 Å². The van der Waals surface area contributed by atoms with Crippen LogP contribution in [0.4, 0.5) is 4.39 Å². The van der Waals surface area contributed by atoms with Gasteiger partial charge in [0.05, 0.1) is 12.8 Å². The Morgan fingerprint density at radius 3 is 2.52 bits per heavy atom. The fourth-order valence-corrected chi connectivity index (χ4v) is 4.79. The molecule has 0 heterocycles. The van der Waals surface area contributed by atoms with Gasteiger partial charge in [-0.2, -0.15) is 0 Å². The second kappa shape index (κ2) is 10.9. The molecule has 0 spiro atoms. The zero-order valence-corrected chi connectivity index (χ0v) is 20.6. The average Bonchev–Trinajstić information content (AvgIpc) is 2.66. The fraction of sp³-hybridized carbons (Fsp3) is 0.250. The maximum absolute atomic E-state index is 14.3. The van der Waals surface area contributed by atoms with E-state index in [2.05, 4.69) is 55.5 Å². The third kappa shape index (κ3) is 5.87. The third-order valence-electron chi connectivity index (χ3n) is 4.01. The van der Waals surface area contributed by atoms with Gasteiger partial charge in [0.1, 0.15) is 19.5 Å². The van der Waals surface area contributed by atoms with E-state index >= 15 is 0 Å². The molecule has 0 aromatic heterocycles. The molecule has 6 nitrogen and oxygen atoms in total. The zero-order valence-electron chi connectivity index (χ0n) is 16.3. The molecule has 0 bridgehead atoms. The van der Waals surface area contributed by atoms with Gasteiger partial charge in [0.25, 0.3) is 0 Å². The molecule has 0 amide bonds. The summed E-state index contributed by atoms with van der Waals surface area (Å²) in [6.07, 6.45) is 0. The number of methoxy groups -OCH3 is 1. The van der Waals surface area contributed by atoms with Crippen molar-refractivity contribution in [1.29, 1.82) is 0 Å². The van der Waals surface area contributed by atoms with Crippen LogP contribution in [0.15, 0.2) is 40.6 Å². The number of ether oxygens (including phenoxy) is 1. The van der Waals surface area contributed by atoms with E-state index in [0.29, 0.717) is 22.4 Å². The summed E-state index contributed by atoms with van der Waals surface area (Å²) in [5.74, 6) is -0.989. The van der Waals surface area contributed by atoms with Crippen LogP contribution in [0.5, 0.6) is 0 Å². The van der Waals surface area contributed by atoms with Crippen molar-refractivity contribution < 1.29 is 23.6 Å². The summed E-state index contributed by atoms with van der Waals surface area (Å²) in [5, 5.41) is 7.86. The largest absolute Gasteiger partial charge is 0.464 e. The van der Waals surface area contributed by atoms with Crippen LogP contribution in [0.2, 0.25) is 0 Å². The number of esters is 1. The molecule has 0 saturated carbocycles. The lowest BCUT2D eigenvalue weighted by Gasteiger charge is -2.13. The van der Waals surface area contributed by atoms with E-state index in [4.69, 9.17) is 14.4 Å². The Labute approximate surface area is 195 Å². The maximum Gasteiger partial charge on any atom is 0.360 e. The van der Waals surface area contributed by atoms with Crippen LogP contribution >= 0.6 is 45.2 Å². The highest BCUT2D eigenvalue weighted by atomic mass is 127. The lowest BCUT2D eigenvalue weighted by Crippen LogP contribution is -2.20. The summed E-state index contributed by atoms with van der Waals surface area (Å²) in [7, 11) is 2.62. The molecule has 0 atom stereocenters. The number of oxime groups is 2. The van der Waals surface area contributed by atoms with E-state index in [-0.39, 0.29) is 18.1 Å². The standard InChI is InChI=1S/C20H19FI2N2O4/c1-11-6-5-7-14(19(25-28-4)20(26)27-3)15(11)10-29-24-12(2)18-16(21)8-13(22)9-17(18)23/h5-9H,10H2,1-4H3/b24-12+,25-19+. The predicted octanol–water partition coefficient (Wildman–Crippen LogP) is 4.81. The third-order valence-corrected chi connectivity index (χ3v) is 5.48. The first-order valence-electron chi connectivity index (χ1n) is 8.39. The van der Waals surface area contributed by atoms with E-state index in [1.807, 2.05) is 19.1 Å². The molecule has 2 aromatic rings. The van der Waals surface area contributed by atoms with Gasteiger partial charge in [-0.1, -0.05) is 28.5 Å². The fourth-order valence-electron chi connectivity index (χ4n) is 2.63. The molecule has 154 valence electrons.